The molecule has 1 heterocycles. The smallest absolute Gasteiger partial charge is 0.131 e. The van der Waals surface area contributed by atoms with Crippen LogP contribution in [0, 0.1) is 5.41 Å². The fourth-order valence-corrected chi connectivity index (χ4v) is 2.17. The Balaban J connectivity index is 1.88. The molecule has 2 rings (SSSR count). The Labute approximate surface area is 96.1 Å². The van der Waals surface area contributed by atoms with E-state index in [1.807, 2.05) is 12.1 Å². The van der Waals surface area contributed by atoms with Crippen LogP contribution < -0.4 is 5.32 Å². The number of hydrogen-bond acceptors (Lipinski definition) is 2. The number of anilines is 1. The van der Waals surface area contributed by atoms with E-state index in [1.165, 1.54) is 25.7 Å². The molecule has 1 aromatic rings. The van der Waals surface area contributed by atoms with Crippen LogP contribution in [0.1, 0.15) is 32.6 Å². The molecule has 15 heavy (non-hydrogen) atoms. The van der Waals surface area contributed by atoms with E-state index < -0.39 is 0 Å². The van der Waals surface area contributed by atoms with Crippen LogP contribution in [0.5, 0.6) is 0 Å². The summed E-state index contributed by atoms with van der Waals surface area (Å²) in [5.41, 5.74) is 0.554. The Bertz CT molecular complexity index is 334. The molecule has 0 spiro atoms. The molecular weight excluding hydrogens is 208 g/mol. The molecular formula is C12H17ClN2. The van der Waals surface area contributed by atoms with Gasteiger partial charge in [-0.25, -0.2) is 4.98 Å². The second-order valence-electron chi connectivity index (χ2n) is 4.45. The average molecular weight is 225 g/mol. The maximum Gasteiger partial charge on any atom is 0.131 e. The Morgan fingerprint density at radius 1 is 1.47 bits per heavy atom. The zero-order valence-corrected chi connectivity index (χ0v) is 9.85. The molecule has 0 amide bonds. The van der Waals surface area contributed by atoms with E-state index in [4.69, 9.17) is 11.6 Å². The van der Waals surface area contributed by atoms with Gasteiger partial charge < -0.3 is 5.32 Å². The van der Waals surface area contributed by atoms with E-state index in [9.17, 15) is 0 Å². The van der Waals surface area contributed by atoms with Crippen LogP contribution in [0.3, 0.4) is 0 Å². The summed E-state index contributed by atoms with van der Waals surface area (Å²) in [6, 6.07) is 5.69. The minimum Gasteiger partial charge on any atom is -0.369 e. The summed E-state index contributed by atoms with van der Waals surface area (Å²) in [4.78, 5) is 4.22. The monoisotopic (exact) mass is 224 g/mol. The SMILES string of the molecule is CCCC1(CNc2cccc(Cl)n2)CC1. The summed E-state index contributed by atoms with van der Waals surface area (Å²) in [6.07, 6.45) is 5.30. The lowest BCUT2D eigenvalue weighted by Crippen LogP contribution is -2.15. The van der Waals surface area contributed by atoms with Gasteiger partial charge in [0.1, 0.15) is 11.0 Å². The van der Waals surface area contributed by atoms with Crippen molar-refractivity contribution in [3.8, 4) is 0 Å². The first-order valence-electron chi connectivity index (χ1n) is 5.61. The van der Waals surface area contributed by atoms with Crippen molar-refractivity contribution in [2.45, 2.75) is 32.6 Å². The molecule has 1 fully saturated rings. The van der Waals surface area contributed by atoms with Gasteiger partial charge in [-0.1, -0.05) is 31.0 Å². The number of pyridine rings is 1. The van der Waals surface area contributed by atoms with Crippen molar-refractivity contribution < 1.29 is 0 Å². The number of halogens is 1. The van der Waals surface area contributed by atoms with E-state index in [-0.39, 0.29) is 0 Å². The minimum atomic E-state index is 0.554. The zero-order chi connectivity index (χ0) is 10.7. The lowest BCUT2D eigenvalue weighted by Gasteiger charge is -2.15. The molecule has 0 radical (unpaired) electrons. The molecule has 0 saturated heterocycles. The number of nitrogens with one attached hydrogen (secondary N) is 1. The van der Waals surface area contributed by atoms with Crippen LogP contribution in [0.4, 0.5) is 5.82 Å². The van der Waals surface area contributed by atoms with Crippen LogP contribution in [0.25, 0.3) is 0 Å². The molecule has 1 N–H and O–H groups in total. The Kier molecular flexibility index (Phi) is 3.15. The Morgan fingerprint density at radius 2 is 2.27 bits per heavy atom. The Morgan fingerprint density at radius 3 is 2.87 bits per heavy atom. The maximum absolute atomic E-state index is 5.82. The molecule has 0 aliphatic heterocycles. The van der Waals surface area contributed by atoms with Crippen molar-refractivity contribution in [2.24, 2.45) is 5.41 Å². The van der Waals surface area contributed by atoms with Gasteiger partial charge in [0.25, 0.3) is 0 Å². The van der Waals surface area contributed by atoms with Crippen molar-refractivity contribution in [2.75, 3.05) is 11.9 Å². The standard InChI is InChI=1S/C12H17ClN2/c1-2-6-12(7-8-12)9-14-11-5-3-4-10(13)15-11/h3-5H,2,6-9H2,1H3,(H,14,15). The molecule has 1 aromatic heterocycles. The van der Waals surface area contributed by atoms with E-state index in [0.29, 0.717) is 10.6 Å². The van der Waals surface area contributed by atoms with Gasteiger partial charge in [-0.3, -0.25) is 0 Å². The lowest BCUT2D eigenvalue weighted by atomic mass is 10.0. The third-order valence-electron chi connectivity index (χ3n) is 3.10. The van der Waals surface area contributed by atoms with Crippen LogP contribution in [0.2, 0.25) is 5.15 Å². The van der Waals surface area contributed by atoms with E-state index in [1.54, 1.807) is 6.07 Å². The summed E-state index contributed by atoms with van der Waals surface area (Å²) in [6.45, 7) is 3.28. The number of hydrogen-bond donors (Lipinski definition) is 1. The van der Waals surface area contributed by atoms with Crippen LogP contribution in [0.15, 0.2) is 18.2 Å². The normalized spacial score (nSPS) is 17.5. The molecule has 0 atom stereocenters. The second kappa shape index (κ2) is 4.40. The molecule has 1 aliphatic carbocycles. The van der Waals surface area contributed by atoms with Crippen molar-refractivity contribution >= 4 is 17.4 Å². The molecule has 2 nitrogen and oxygen atoms in total. The van der Waals surface area contributed by atoms with Crippen molar-refractivity contribution in [3.63, 3.8) is 0 Å². The van der Waals surface area contributed by atoms with E-state index >= 15 is 0 Å². The predicted octanol–water partition coefficient (Wildman–Crippen LogP) is 3.73. The van der Waals surface area contributed by atoms with Gasteiger partial charge >= 0.3 is 0 Å². The maximum atomic E-state index is 5.82. The first-order valence-corrected chi connectivity index (χ1v) is 5.98. The predicted molar refractivity (Wildman–Crippen MR) is 64.3 cm³/mol. The minimum absolute atomic E-state index is 0.554. The molecule has 1 saturated carbocycles. The molecule has 1 aliphatic rings. The van der Waals surface area contributed by atoms with Crippen molar-refractivity contribution in [1.82, 2.24) is 4.98 Å². The van der Waals surface area contributed by atoms with Gasteiger partial charge in [0.05, 0.1) is 0 Å². The third-order valence-corrected chi connectivity index (χ3v) is 3.31. The van der Waals surface area contributed by atoms with Crippen LogP contribution in [-0.4, -0.2) is 11.5 Å². The highest BCUT2D eigenvalue weighted by Gasteiger charge is 2.41. The third kappa shape index (κ3) is 2.85. The molecule has 0 aromatic carbocycles. The van der Waals surface area contributed by atoms with Crippen molar-refractivity contribution in [1.29, 1.82) is 0 Å². The number of rotatable bonds is 5. The highest BCUT2D eigenvalue weighted by Crippen LogP contribution is 2.49. The van der Waals surface area contributed by atoms with E-state index in [2.05, 4.69) is 17.2 Å². The summed E-state index contributed by atoms with van der Waals surface area (Å²) in [5.74, 6) is 0.893. The molecule has 0 bridgehead atoms. The Hall–Kier alpha value is -0.760. The first-order chi connectivity index (χ1) is 7.24. The number of aromatic nitrogens is 1. The largest absolute Gasteiger partial charge is 0.369 e. The highest BCUT2D eigenvalue weighted by molar-refractivity contribution is 6.29. The number of nitrogens with zero attached hydrogens (tertiary/aromatic N) is 1. The second-order valence-corrected chi connectivity index (χ2v) is 4.84. The molecule has 0 unspecified atom stereocenters. The quantitative estimate of drug-likeness (QED) is 0.771. The van der Waals surface area contributed by atoms with Crippen LogP contribution in [-0.2, 0) is 0 Å². The van der Waals surface area contributed by atoms with Gasteiger partial charge in [-0.05, 0) is 36.8 Å². The summed E-state index contributed by atoms with van der Waals surface area (Å²) < 4.78 is 0. The summed E-state index contributed by atoms with van der Waals surface area (Å²) in [7, 11) is 0. The molecule has 3 heteroatoms. The fourth-order valence-electron chi connectivity index (χ4n) is 2.01. The van der Waals surface area contributed by atoms with Gasteiger partial charge in [-0.15, -0.1) is 0 Å². The van der Waals surface area contributed by atoms with E-state index in [0.717, 1.165) is 12.4 Å². The van der Waals surface area contributed by atoms with Gasteiger partial charge in [0, 0.05) is 6.54 Å². The zero-order valence-electron chi connectivity index (χ0n) is 9.09. The fraction of sp³-hybridized carbons (Fsp3) is 0.583. The topological polar surface area (TPSA) is 24.9 Å². The average Bonchev–Trinajstić information content (AvgIpc) is 2.97. The van der Waals surface area contributed by atoms with Gasteiger partial charge in [0.2, 0.25) is 0 Å². The van der Waals surface area contributed by atoms with Gasteiger partial charge in [-0.2, -0.15) is 0 Å². The highest BCUT2D eigenvalue weighted by atomic mass is 35.5. The van der Waals surface area contributed by atoms with Crippen molar-refractivity contribution in [3.05, 3.63) is 23.4 Å². The van der Waals surface area contributed by atoms with Crippen LogP contribution >= 0.6 is 11.6 Å². The summed E-state index contributed by atoms with van der Waals surface area (Å²) in [5, 5.41) is 3.93. The first kappa shape index (κ1) is 10.7. The summed E-state index contributed by atoms with van der Waals surface area (Å²) >= 11 is 5.82. The lowest BCUT2D eigenvalue weighted by molar-refractivity contribution is 0.485. The van der Waals surface area contributed by atoms with Gasteiger partial charge in [0.15, 0.2) is 0 Å². The molecule has 82 valence electrons.